The first-order chi connectivity index (χ1) is 8.50. The van der Waals surface area contributed by atoms with Gasteiger partial charge in [-0.1, -0.05) is 12.1 Å². The van der Waals surface area contributed by atoms with Gasteiger partial charge in [0.2, 0.25) is 0 Å². The SMILES string of the molecule is CN1C(=O)S/C(=C\c2ccccc2[N+](=O)[O-])C1=O. The Morgan fingerprint density at radius 2 is 2.00 bits per heavy atom. The second kappa shape index (κ2) is 4.61. The number of nitro groups is 1. The molecule has 0 spiro atoms. The summed E-state index contributed by atoms with van der Waals surface area (Å²) in [5, 5.41) is 10.4. The first-order valence-electron chi connectivity index (χ1n) is 4.95. The molecule has 7 heteroatoms. The Morgan fingerprint density at radius 3 is 2.56 bits per heavy atom. The molecule has 0 radical (unpaired) electrons. The lowest BCUT2D eigenvalue weighted by molar-refractivity contribution is -0.385. The van der Waals surface area contributed by atoms with E-state index in [-0.39, 0.29) is 15.8 Å². The molecule has 18 heavy (non-hydrogen) atoms. The zero-order chi connectivity index (χ0) is 13.3. The lowest BCUT2D eigenvalue weighted by atomic mass is 10.1. The van der Waals surface area contributed by atoms with Gasteiger partial charge in [-0.2, -0.15) is 0 Å². The molecule has 1 heterocycles. The fourth-order valence-electron chi connectivity index (χ4n) is 1.46. The minimum atomic E-state index is -0.526. The van der Waals surface area contributed by atoms with Crippen molar-refractivity contribution in [3.63, 3.8) is 0 Å². The van der Waals surface area contributed by atoms with E-state index in [1.165, 1.54) is 25.3 Å². The summed E-state index contributed by atoms with van der Waals surface area (Å²) >= 11 is 0.773. The number of carbonyl (C=O) groups excluding carboxylic acids is 2. The number of thioether (sulfide) groups is 1. The highest BCUT2D eigenvalue weighted by molar-refractivity contribution is 8.18. The van der Waals surface area contributed by atoms with Gasteiger partial charge >= 0.3 is 0 Å². The van der Waals surface area contributed by atoms with E-state index in [1.807, 2.05) is 0 Å². The molecule has 1 fully saturated rings. The van der Waals surface area contributed by atoms with E-state index in [0.717, 1.165) is 16.7 Å². The molecule has 0 aliphatic carbocycles. The van der Waals surface area contributed by atoms with Crippen molar-refractivity contribution in [1.29, 1.82) is 0 Å². The Bertz CT molecular complexity index is 582. The van der Waals surface area contributed by atoms with Crippen LogP contribution in [-0.2, 0) is 4.79 Å². The number of amides is 2. The van der Waals surface area contributed by atoms with Crippen molar-refractivity contribution < 1.29 is 14.5 Å². The molecule has 0 bridgehead atoms. The van der Waals surface area contributed by atoms with Crippen LogP contribution in [0.3, 0.4) is 0 Å². The predicted octanol–water partition coefficient (Wildman–Crippen LogP) is 2.26. The van der Waals surface area contributed by atoms with Gasteiger partial charge < -0.3 is 0 Å². The van der Waals surface area contributed by atoms with Gasteiger partial charge in [0.15, 0.2) is 0 Å². The molecule has 0 saturated carbocycles. The van der Waals surface area contributed by atoms with Gasteiger partial charge in [-0.25, -0.2) is 0 Å². The highest BCUT2D eigenvalue weighted by Gasteiger charge is 2.32. The van der Waals surface area contributed by atoms with E-state index < -0.39 is 10.8 Å². The number of para-hydroxylation sites is 1. The third-order valence-corrected chi connectivity index (χ3v) is 3.37. The van der Waals surface area contributed by atoms with Crippen LogP contribution >= 0.6 is 11.8 Å². The van der Waals surface area contributed by atoms with Crippen LogP contribution in [0.5, 0.6) is 0 Å². The Labute approximate surface area is 106 Å². The molecule has 0 unspecified atom stereocenters. The van der Waals surface area contributed by atoms with Crippen LogP contribution in [0.2, 0.25) is 0 Å². The molecule has 0 aromatic heterocycles. The van der Waals surface area contributed by atoms with Crippen LogP contribution < -0.4 is 0 Å². The predicted molar refractivity (Wildman–Crippen MR) is 66.8 cm³/mol. The molecule has 1 aromatic carbocycles. The topological polar surface area (TPSA) is 80.5 Å². The number of likely N-dealkylation sites (N-methyl/N-ethyl adjacent to an activating group) is 1. The Hall–Kier alpha value is -2.15. The lowest BCUT2D eigenvalue weighted by Gasteiger charge is -2.01. The van der Waals surface area contributed by atoms with Crippen molar-refractivity contribution >= 4 is 34.7 Å². The fourth-order valence-corrected chi connectivity index (χ4v) is 2.28. The first-order valence-corrected chi connectivity index (χ1v) is 5.77. The summed E-state index contributed by atoms with van der Waals surface area (Å²) < 4.78 is 0. The standard InChI is InChI=1S/C11H8N2O4S/c1-12-10(14)9(18-11(12)15)6-7-4-2-3-5-8(7)13(16)17/h2-6H,1H3/b9-6-. The van der Waals surface area contributed by atoms with Gasteiger partial charge in [-0.15, -0.1) is 0 Å². The van der Waals surface area contributed by atoms with Gasteiger partial charge in [0.1, 0.15) is 0 Å². The van der Waals surface area contributed by atoms with E-state index >= 15 is 0 Å². The van der Waals surface area contributed by atoms with E-state index in [9.17, 15) is 19.7 Å². The Balaban J connectivity index is 2.43. The van der Waals surface area contributed by atoms with Crippen molar-refractivity contribution in [2.45, 2.75) is 0 Å². The summed E-state index contributed by atoms with van der Waals surface area (Å²) in [6, 6.07) is 6.06. The maximum absolute atomic E-state index is 11.6. The third kappa shape index (κ3) is 2.12. The number of imide groups is 1. The lowest BCUT2D eigenvalue weighted by Crippen LogP contribution is -2.22. The van der Waals surface area contributed by atoms with Crippen molar-refractivity contribution in [2.24, 2.45) is 0 Å². The number of carbonyl (C=O) groups is 2. The summed E-state index contributed by atoms with van der Waals surface area (Å²) in [5.74, 6) is -0.442. The molecule has 0 atom stereocenters. The first kappa shape index (κ1) is 12.3. The zero-order valence-corrected chi connectivity index (χ0v) is 10.1. The summed E-state index contributed by atoms with van der Waals surface area (Å²) in [7, 11) is 1.37. The molecule has 1 saturated heterocycles. The van der Waals surface area contributed by atoms with Gasteiger partial charge in [0.05, 0.1) is 15.4 Å². The minimum Gasteiger partial charge on any atom is -0.272 e. The number of rotatable bonds is 2. The maximum Gasteiger partial charge on any atom is 0.293 e. The zero-order valence-electron chi connectivity index (χ0n) is 9.32. The number of hydrogen-bond donors (Lipinski definition) is 0. The van der Waals surface area contributed by atoms with Crippen LogP contribution in [0.4, 0.5) is 10.5 Å². The Kier molecular flexibility index (Phi) is 3.15. The molecular formula is C11H8N2O4S. The van der Waals surface area contributed by atoms with Crippen LogP contribution in [0.15, 0.2) is 29.2 Å². The molecule has 92 valence electrons. The second-order valence-electron chi connectivity index (χ2n) is 3.56. The normalized spacial score (nSPS) is 17.6. The largest absolute Gasteiger partial charge is 0.293 e. The van der Waals surface area contributed by atoms with E-state index in [0.29, 0.717) is 5.56 Å². The minimum absolute atomic E-state index is 0.0968. The van der Waals surface area contributed by atoms with Gasteiger partial charge in [0.25, 0.3) is 16.8 Å². The van der Waals surface area contributed by atoms with Gasteiger partial charge in [0, 0.05) is 13.1 Å². The average molecular weight is 264 g/mol. The number of nitrogens with zero attached hydrogens (tertiary/aromatic N) is 2. The van der Waals surface area contributed by atoms with E-state index in [2.05, 4.69) is 0 Å². The van der Waals surface area contributed by atoms with Gasteiger partial charge in [-0.05, 0) is 23.9 Å². The quantitative estimate of drug-likeness (QED) is 0.465. The molecule has 6 nitrogen and oxygen atoms in total. The highest BCUT2D eigenvalue weighted by atomic mass is 32.2. The highest BCUT2D eigenvalue weighted by Crippen LogP contribution is 2.32. The molecule has 1 aliphatic rings. The molecule has 1 aliphatic heterocycles. The van der Waals surface area contributed by atoms with Crippen molar-refractivity contribution in [1.82, 2.24) is 4.90 Å². The third-order valence-electron chi connectivity index (χ3n) is 2.41. The summed E-state index contributed by atoms with van der Waals surface area (Å²) in [5.41, 5.74) is 0.210. The van der Waals surface area contributed by atoms with Crippen LogP contribution in [0.25, 0.3) is 6.08 Å². The van der Waals surface area contributed by atoms with Crippen molar-refractivity contribution in [2.75, 3.05) is 7.05 Å². The number of hydrogen-bond acceptors (Lipinski definition) is 5. The van der Waals surface area contributed by atoms with Crippen molar-refractivity contribution in [3.05, 3.63) is 44.8 Å². The smallest absolute Gasteiger partial charge is 0.272 e. The van der Waals surface area contributed by atoms with Gasteiger partial charge in [-0.3, -0.25) is 24.6 Å². The Morgan fingerprint density at radius 1 is 1.33 bits per heavy atom. The summed E-state index contributed by atoms with van der Waals surface area (Å²) in [6.45, 7) is 0. The monoisotopic (exact) mass is 264 g/mol. The van der Waals surface area contributed by atoms with Crippen molar-refractivity contribution in [3.8, 4) is 0 Å². The summed E-state index contributed by atoms with van der Waals surface area (Å²) in [6.07, 6.45) is 1.37. The average Bonchev–Trinajstić information content (AvgIpc) is 2.57. The van der Waals surface area contributed by atoms with Crippen LogP contribution in [0.1, 0.15) is 5.56 Å². The van der Waals surface area contributed by atoms with E-state index in [4.69, 9.17) is 0 Å². The molecule has 0 N–H and O–H groups in total. The van der Waals surface area contributed by atoms with Crippen LogP contribution in [0, 0.1) is 10.1 Å². The van der Waals surface area contributed by atoms with E-state index in [1.54, 1.807) is 12.1 Å². The molecule has 2 amide bonds. The second-order valence-corrected chi connectivity index (χ2v) is 4.55. The molecule has 1 aromatic rings. The van der Waals surface area contributed by atoms with Crippen LogP contribution in [-0.4, -0.2) is 28.0 Å². The maximum atomic E-state index is 11.6. The fraction of sp³-hybridized carbons (Fsp3) is 0.0909. The number of benzene rings is 1. The summed E-state index contributed by atoms with van der Waals surface area (Å²) in [4.78, 5) is 34.4. The number of nitro benzene ring substituents is 1. The molecular weight excluding hydrogens is 256 g/mol. The molecule has 2 rings (SSSR count).